The molecule has 1 atom stereocenters. The number of hydrogen-bond donors (Lipinski definition) is 1. The summed E-state index contributed by atoms with van der Waals surface area (Å²) < 4.78 is 5.29. The number of hydrogen-bond acceptors (Lipinski definition) is 6. The summed E-state index contributed by atoms with van der Waals surface area (Å²) in [5, 5.41) is 7.01. The highest BCUT2D eigenvalue weighted by Gasteiger charge is 2.28. The van der Waals surface area contributed by atoms with Gasteiger partial charge in [0.25, 0.3) is 5.91 Å². The Balaban J connectivity index is 1.62. The summed E-state index contributed by atoms with van der Waals surface area (Å²) in [6.07, 6.45) is 3.54. The third-order valence-electron chi connectivity index (χ3n) is 5.71. The molecule has 168 valence electrons. The van der Waals surface area contributed by atoms with Crippen LogP contribution in [0.3, 0.4) is 0 Å². The second-order valence-corrected chi connectivity index (χ2v) is 8.92. The third kappa shape index (κ3) is 6.33. The maximum atomic E-state index is 13.3. The van der Waals surface area contributed by atoms with Crippen molar-refractivity contribution in [1.29, 1.82) is 0 Å². The highest BCUT2D eigenvalue weighted by atomic mass is 32.2. The first kappa shape index (κ1) is 23.3. The molecular weight excluding hydrogens is 412 g/mol. The van der Waals surface area contributed by atoms with Gasteiger partial charge in [-0.2, -0.15) is 11.8 Å². The van der Waals surface area contributed by atoms with Crippen LogP contribution in [0.4, 0.5) is 0 Å². The molecule has 0 radical (unpaired) electrons. The predicted octanol–water partition coefficient (Wildman–Crippen LogP) is 2.88. The molecular formula is C23H32N4O3S. The van der Waals surface area contributed by atoms with E-state index in [9.17, 15) is 9.59 Å². The van der Waals surface area contributed by atoms with Gasteiger partial charge >= 0.3 is 0 Å². The quantitative estimate of drug-likeness (QED) is 0.675. The largest absolute Gasteiger partial charge is 0.361 e. The molecule has 0 aliphatic carbocycles. The number of aryl methyl sites for hydroxylation is 2. The van der Waals surface area contributed by atoms with Crippen LogP contribution in [0.5, 0.6) is 0 Å². The van der Waals surface area contributed by atoms with Crippen molar-refractivity contribution >= 4 is 23.6 Å². The second-order valence-electron chi connectivity index (χ2n) is 7.93. The van der Waals surface area contributed by atoms with E-state index in [0.717, 1.165) is 48.8 Å². The van der Waals surface area contributed by atoms with Crippen LogP contribution in [0.2, 0.25) is 0 Å². The van der Waals surface area contributed by atoms with Crippen molar-refractivity contribution in [2.24, 2.45) is 0 Å². The summed E-state index contributed by atoms with van der Waals surface area (Å²) in [5.74, 6) is 1.49. The molecule has 1 aliphatic rings. The molecule has 0 spiro atoms. The first-order valence-electron chi connectivity index (χ1n) is 10.8. The fraction of sp³-hybridized carbons (Fsp3) is 0.522. The summed E-state index contributed by atoms with van der Waals surface area (Å²) in [4.78, 5) is 30.2. The lowest BCUT2D eigenvalue weighted by atomic mass is 10.1. The van der Waals surface area contributed by atoms with Gasteiger partial charge in [0.2, 0.25) is 5.91 Å². The van der Waals surface area contributed by atoms with Gasteiger partial charge in [-0.1, -0.05) is 23.4 Å². The van der Waals surface area contributed by atoms with Crippen LogP contribution in [0.15, 0.2) is 34.9 Å². The molecule has 0 bridgehead atoms. The molecule has 1 fully saturated rings. The minimum Gasteiger partial charge on any atom is -0.361 e. The smallest absolute Gasteiger partial charge is 0.251 e. The van der Waals surface area contributed by atoms with Crippen molar-refractivity contribution in [1.82, 2.24) is 20.3 Å². The Hall–Kier alpha value is -2.32. The van der Waals surface area contributed by atoms with Crippen LogP contribution < -0.4 is 5.32 Å². The zero-order valence-electron chi connectivity index (χ0n) is 18.6. The highest BCUT2D eigenvalue weighted by molar-refractivity contribution is 7.98. The second kappa shape index (κ2) is 11.3. The van der Waals surface area contributed by atoms with Gasteiger partial charge in [-0.05, 0) is 50.8 Å². The zero-order chi connectivity index (χ0) is 22.2. The van der Waals surface area contributed by atoms with Crippen LogP contribution >= 0.6 is 11.8 Å². The van der Waals surface area contributed by atoms with Gasteiger partial charge in [0.15, 0.2) is 0 Å². The molecule has 7 nitrogen and oxygen atoms in total. The molecule has 2 heterocycles. The topological polar surface area (TPSA) is 78.7 Å². The van der Waals surface area contributed by atoms with E-state index < -0.39 is 6.04 Å². The molecule has 3 rings (SSSR count). The van der Waals surface area contributed by atoms with Crippen LogP contribution in [0, 0.1) is 13.8 Å². The fourth-order valence-electron chi connectivity index (χ4n) is 3.85. The van der Waals surface area contributed by atoms with Crippen LogP contribution in [-0.2, 0) is 11.3 Å². The normalized spacial score (nSPS) is 16.0. The van der Waals surface area contributed by atoms with Crippen LogP contribution in [0.25, 0.3) is 0 Å². The highest BCUT2D eigenvalue weighted by Crippen LogP contribution is 2.17. The van der Waals surface area contributed by atoms with Gasteiger partial charge in [-0.25, -0.2) is 0 Å². The molecule has 2 aromatic rings. The van der Waals surface area contributed by atoms with E-state index in [4.69, 9.17) is 4.52 Å². The average molecular weight is 445 g/mol. The zero-order valence-corrected chi connectivity index (χ0v) is 19.4. The number of benzene rings is 1. The Morgan fingerprint density at radius 3 is 2.61 bits per heavy atom. The van der Waals surface area contributed by atoms with Gasteiger partial charge in [0, 0.05) is 43.9 Å². The molecule has 31 heavy (non-hydrogen) atoms. The van der Waals surface area contributed by atoms with E-state index in [0.29, 0.717) is 25.1 Å². The Morgan fingerprint density at radius 1 is 1.16 bits per heavy atom. The first-order valence-corrected chi connectivity index (χ1v) is 12.2. The Morgan fingerprint density at radius 2 is 1.94 bits per heavy atom. The number of nitrogens with zero attached hydrogens (tertiary/aromatic N) is 3. The number of rotatable bonds is 8. The molecule has 8 heteroatoms. The number of nitrogens with one attached hydrogen (secondary N) is 1. The third-order valence-corrected chi connectivity index (χ3v) is 6.36. The minimum absolute atomic E-state index is 0.0116. The SMILES string of the molecule is CSCCC(NC(=O)c1ccccc1)C(=O)N1CCCN(Cc2c(C)noc2C)CC1. The lowest BCUT2D eigenvalue weighted by Crippen LogP contribution is -2.49. The Bertz CT molecular complexity index is 851. The van der Waals surface area contributed by atoms with E-state index in [1.165, 1.54) is 0 Å². The van der Waals surface area contributed by atoms with Gasteiger partial charge in [0.1, 0.15) is 11.8 Å². The van der Waals surface area contributed by atoms with Crippen LogP contribution in [0.1, 0.15) is 40.2 Å². The molecule has 1 saturated heterocycles. The average Bonchev–Trinajstić information content (AvgIpc) is 2.97. The number of aromatic nitrogens is 1. The van der Waals surface area contributed by atoms with Gasteiger partial charge in [-0.15, -0.1) is 0 Å². The molecule has 2 amide bonds. The summed E-state index contributed by atoms with van der Waals surface area (Å²) in [7, 11) is 0. The molecule has 1 N–H and O–H groups in total. The summed E-state index contributed by atoms with van der Waals surface area (Å²) in [6.45, 7) is 7.74. The monoisotopic (exact) mass is 444 g/mol. The van der Waals surface area contributed by atoms with Crippen LogP contribution in [-0.4, -0.2) is 71.0 Å². The summed E-state index contributed by atoms with van der Waals surface area (Å²) >= 11 is 1.68. The first-order chi connectivity index (χ1) is 15.0. The fourth-order valence-corrected chi connectivity index (χ4v) is 4.32. The standard InChI is InChI=1S/C23H32N4O3S/c1-17-20(18(2)30-25-17)16-26-11-7-12-27(14-13-26)23(29)21(10-15-31-3)24-22(28)19-8-5-4-6-9-19/h4-6,8-9,21H,7,10-16H2,1-3H3,(H,24,28). The van der Waals surface area contributed by atoms with Crippen molar-refractivity contribution in [2.45, 2.75) is 39.3 Å². The maximum Gasteiger partial charge on any atom is 0.251 e. The Labute approximate surface area is 188 Å². The van der Waals surface area contributed by atoms with Crippen molar-refractivity contribution in [3.63, 3.8) is 0 Å². The summed E-state index contributed by atoms with van der Waals surface area (Å²) in [6, 6.07) is 8.56. The number of carbonyl (C=O) groups is 2. The lowest BCUT2D eigenvalue weighted by Gasteiger charge is -2.27. The Kier molecular flexibility index (Phi) is 8.54. The van der Waals surface area contributed by atoms with Gasteiger partial charge in [-0.3, -0.25) is 14.5 Å². The predicted molar refractivity (Wildman–Crippen MR) is 123 cm³/mol. The van der Waals surface area contributed by atoms with Crippen molar-refractivity contribution in [3.8, 4) is 0 Å². The van der Waals surface area contributed by atoms with Gasteiger partial charge in [0.05, 0.1) is 5.69 Å². The number of thioether (sulfide) groups is 1. The van der Waals surface area contributed by atoms with Crippen molar-refractivity contribution in [3.05, 3.63) is 52.9 Å². The summed E-state index contributed by atoms with van der Waals surface area (Å²) in [5.41, 5.74) is 2.63. The van der Waals surface area contributed by atoms with E-state index in [-0.39, 0.29) is 11.8 Å². The van der Waals surface area contributed by atoms with E-state index in [1.54, 1.807) is 23.9 Å². The van der Waals surface area contributed by atoms with Crippen molar-refractivity contribution < 1.29 is 14.1 Å². The molecule has 1 aliphatic heterocycles. The van der Waals surface area contributed by atoms with E-state index >= 15 is 0 Å². The number of amides is 2. The van der Waals surface area contributed by atoms with E-state index in [2.05, 4.69) is 15.4 Å². The molecule has 0 saturated carbocycles. The maximum absolute atomic E-state index is 13.3. The van der Waals surface area contributed by atoms with Crippen molar-refractivity contribution in [2.75, 3.05) is 38.2 Å². The molecule has 1 unspecified atom stereocenters. The minimum atomic E-state index is -0.505. The molecule has 1 aromatic carbocycles. The lowest BCUT2D eigenvalue weighted by molar-refractivity contribution is -0.133. The number of carbonyl (C=O) groups excluding carboxylic acids is 2. The van der Waals surface area contributed by atoms with E-state index in [1.807, 2.05) is 43.2 Å². The molecule has 1 aromatic heterocycles. The van der Waals surface area contributed by atoms with Gasteiger partial charge < -0.3 is 14.7 Å².